The number of fused-ring (bicyclic) bond motifs is 1. The molecule has 1 saturated carbocycles. The molecule has 0 amide bonds. The Kier molecular flexibility index (Phi) is 4.54. The number of aromatic nitrogens is 1. The van der Waals surface area contributed by atoms with Crippen molar-refractivity contribution in [2.75, 3.05) is 6.61 Å². The molecule has 5 nitrogen and oxygen atoms in total. The summed E-state index contributed by atoms with van der Waals surface area (Å²) in [6.45, 7) is -0.433. The molecule has 2 N–H and O–H groups in total. The number of benzene rings is 2. The highest BCUT2D eigenvalue weighted by atomic mass is 79.9. The second-order valence-electron chi connectivity index (χ2n) is 6.23. The van der Waals surface area contributed by atoms with E-state index in [2.05, 4.69) is 27.1 Å². The molecule has 134 valence electrons. The molecule has 1 heterocycles. The van der Waals surface area contributed by atoms with Crippen LogP contribution in [-0.4, -0.2) is 22.7 Å². The number of carboxylic acids is 1. The van der Waals surface area contributed by atoms with Gasteiger partial charge in [-0.15, -0.1) is 0 Å². The fourth-order valence-corrected chi connectivity index (χ4v) is 3.78. The van der Waals surface area contributed by atoms with Gasteiger partial charge in [-0.2, -0.15) is 0 Å². The number of aromatic amines is 1. The quantitative estimate of drug-likeness (QED) is 0.518. The standard InChI is InChI=1S/C19H15BrClNO4/c20-15-6-12(25-9-18(23)24)7-16(21)19(15)26-11-3-4-17-13(5-11)14(8-22-17)10-1-2-10/h3-8,10,22H,1-2,9H2,(H,23,24). The first kappa shape index (κ1) is 17.2. The maximum absolute atomic E-state index is 10.6. The summed E-state index contributed by atoms with van der Waals surface area (Å²) in [5, 5.41) is 10.2. The van der Waals surface area contributed by atoms with Crippen molar-refractivity contribution < 1.29 is 19.4 Å². The minimum atomic E-state index is -1.05. The van der Waals surface area contributed by atoms with E-state index < -0.39 is 12.6 Å². The second kappa shape index (κ2) is 6.85. The van der Waals surface area contributed by atoms with Gasteiger partial charge in [0.25, 0.3) is 0 Å². The Bertz CT molecular complexity index is 973. The summed E-state index contributed by atoms with van der Waals surface area (Å²) in [6, 6.07) is 9.05. The zero-order valence-electron chi connectivity index (χ0n) is 13.6. The van der Waals surface area contributed by atoms with Crippen molar-refractivity contribution in [3.05, 3.63) is 51.6 Å². The average molecular weight is 437 g/mol. The van der Waals surface area contributed by atoms with Crippen molar-refractivity contribution in [2.45, 2.75) is 18.8 Å². The normalized spacial score (nSPS) is 13.8. The van der Waals surface area contributed by atoms with Crippen LogP contribution < -0.4 is 9.47 Å². The van der Waals surface area contributed by atoms with E-state index in [4.69, 9.17) is 26.2 Å². The number of nitrogens with one attached hydrogen (secondary N) is 1. The van der Waals surface area contributed by atoms with E-state index >= 15 is 0 Å². The molecule has 7 heteroatoms. The number of aliphatic carboxylic acids is 1. The molecule has 3 aromatic rings. The van der Waals surface area contributed by atoms with E-state index in [-0.39, 0.29) is 0 Å². The Labute approximate surface area is 163 Å². The van der Waals surface area contributed by atoms with Crippen LogP contribution in [-0.2, 0) is 4.79 Å². The van der Waals surface area contributed by atoms with Crippen LogP contribution >= 0.6 is 27.5 Å². The topological polar surface area (TPSA) is 71.6 Å². The largest absolute Gasteiger partial charge is 0.482 e. The van der Waals surface area contributed by atoms with Crippen molar-refractivity contribution in [1.82, 2.24) is 4.98 Å². The molecule has 1 aliphatic carbocycles. The number of carbonyl (C=O) groups is 1. The van der Waals surface area contributed by atoms with Gasteiger partial charge in [-0.3, -0.25) is 0 Å². The predicted octanol–water partition coefficient (Wildman–Crippen LogP) is 5.72. The summed E-state index contributed by atoms with van der Waals surface area (Å²) >= 11 is 9.71. The molecule has 0 saturated heterocycles. The molecular formula is C19H15BrClNO4. The van der Waals surface area contributed by atoms with Crippen molar-refractivity contribution in [3.8, 4) is 17.2 Å². The fourth-order valence-electron chi connectivity index (χ4n) is 2.90. The van der Waals surface area contributed by atoms with Crippen molar-refractivity contribution >= 4 is 44.4 Å². The Morgan fingerprint density at radius 1 is 1.27 bits per heavy atom. The van der Waals surface area contributed by atoms with Crippen LogP contribution in [0.4, 0.5) is 0 Å². The Balaban J connectivity index is 1.61. The number of hydrogen-bond acceptors (Lipinski definition) is 3. The van der Waals surface area contributed by atoms with Crippen molar-refractivity contribution in [3.63, 3.8) is 0 Å². The third-order valence-electron chi connectivity index (χ3n) is 4.26. The number of hydrogen-bond donors (Lipinski definition) is 2. The summed E-state index contributed by atoms with van der Waals surface area (Å²) in [5.41, 5.74) is 2.41. The lowest BCUT2D eigenvalue weighted by Crippen LogP contribution is -2.09. The number of H-pyrrole nitrogens is 1. The van der Waals surface area contributed by atoms with Gasteiger partial charge in [0.15, 0.2) is 12.4 Å². The zero-order chi connectivity index (χ0) is 18.3. The van der Waals surface area contributed by atoms with Gasteiger partial charge in [0, 0.05) is 23.2 Å². The van der Waals surface area contributed by atoms with E-state index in [0.717, 1.165) is 5.52 Å². The van der Waals surface area contributed by atoms with E-state index in [1.165, 1.54) is 29.9 Å². The van der Waals surface area contributed by atoms with Crippen molar-refractivity contribution in [1.29, 1.82) is 0 Å². The van der Waals surface area contributed by atoms with Gasteiger partial charge in [-0.05, 0) is 64.5 Å². The minimum Gasteiger partial charge on any atom is -0.482 e. The predicted molar refractivity (Wildman–Crippen MR) is 103 cm³/mol. The summed E-state index contributed by atoms with van der Waals surface area (Å²) in [4.78, 5) is 13.9. The van der Waals surface area contributed by atoms with Gasteiger partial charge in [0.1, 0.15) is 11.5 Å². The molecule has 26 heavy (non-hydrogen) atoms. The van der Waals surface area contributed by atoms with Gasteiger partial charge in [-0.1, -0.05) is 11.6 Å². The zero-order valence-corrected chi connectivity index (χ0v) is 15.9. The van der Waals surface area contributed by atoms with Gasteiger partial charge >= 0.3 is 5.97 Å². The SMILES string of the molecule is O=C(O)COc1cc(Cl)c(Oc2ccc3[nH]cc(C4CC4)c3c2)c(Br)c1. The van der Waals surface area contributed by atoms with Gasteiger partial charge in [-0.25, -0.2) is 4.79 Å². The minimum absolute atomic E-state index is 0.330. The molecule has 0 radical (unpaired) electrons. The van der Waals surface area contributed by atoms with Gasteiger partial charge < -0.3 is 19.6 Å². The number of halogens is 2. The number of ether oxygens (including phenoxy) is 2. The van der Waals surface area contributed by atoms with Gasteiger partial charge in [0.2, 0.25) is 0 Å². The first-order chi connectivity index (χ1) is 12.5. The molecule has 4 rings (SSSR count). The van der Waals surface area contributed by atoms with Crippen LogP contribution in [0.5, 0.6) is 17.2 Å². The highest BCUT2D eigenvalue weighted by Crippen LogP contribution is 2.45. The molecule has 1 fully saturated rings. The molecule has 0 bridgehead atoms. The highest BCUT2D eigenvalue weighted by Gasteiger charge is 2.26. The van der Waals surface area contributed by atoms with Crippen LogP contribution in [0.25, 0.3) is 10.9 Å². The van der Waals surface area contributed by atoms with Crippen molar-refractivity contribution in [2.24, 2.45) is 0 Å². The smallest absolute Gasteiger partial charge is 0.341 e. The molecule has 2 aromatic carbocycles. The molecule has 0 unspecified atom stereocenters. The molecule has 1 aromatic heterocycles. The van der Waals surface area contributed by atoms with Crippen LogP contribution in [0.1, 0.15) is 24.3 Å². The van der Waals surface area contributed by atoms with Crippen LogP contribution in [0.3, 0.4) is 0 Å². The van der Waals surface area contributed by atoms with Crippen LogP contribution in [0.2, 0.25) is 5.02 Å². The van der Waals surface area contributed by atoms with E-state index in [9.17, 15) is 4.79 Å². The Hall–Kier alpha value is -2.18. The lowest BCUT2D eigenvalue weighted by Gasteiger charge is -2.12. The third kappa shape index (κ3) is 3.52. The van der Waals surface area contributed by atoms with E-state index in [0.29, 0.717) is 32.7 Å². The molecule has 1 aliphatic rings. The Morgan fingerprint density at radius 3 is 2.77 bits per heavy atom. The summed E-state index contributed by atoms with van der Waals surface area (Å²) in [7, 11) is 0. The average Bonchev–Trinajstić information content (AvgIpc) is 3.36. The first-order valence-electron chi connectivity index (χ1n) is 8.14. The van der Waals surface area contributed by atoms with Gasteiger partial charge in [0.05, 0.1) is 9.50 Å². The lowest BCUT2D eigenvalue weighted by atomic mass is 10.1. The number of rotatable bonds is 6. The lowest BCUT2D eigenvalue weighted by molar-refractivity contribution is -0.139. The molecule has 0 atom stereocenters. The summed E-state index contributed by atoms with van der Waals surface area (Å²) < 4.78 is 11.7. The summed E-state index contributed by atoms with van der Waals surface area (Å²) in [6.07, 6.45) is 4.53. The van der Waals surface area contributed by atoms with Crippen LogP contribution in [0, 0.1) is 0 Å². The van der Waals surface area contributed by atoms with E-state index in [1.807, 2.05) is 18.2 Å². The number of carboxylic acid groups (broad SMARTS) is 1. The molecule has 0 spiro atoms. The fraction of sp³-hybridized carbons (Fsp3) is 0.211. The van der Waals surface area contributed by atoms with E-state index in [1.54, 1.807) is 6.07 Å². The Morgan fingerprint density at radius 2 is 2.08 bits per heavy atom. The summed E-state index contributed by atoms with van der Waals surface area (Å²) in [5.74, 6) is 1.08. The highest BCUT2D eigenvalue weighted by molar-refractivity contribution is 9.10. The molecule has 0 aliphatic heterocycles. The second-order valence-corrected chi connectivity index (χ2v) is 7.49. The monoisotopic (exact) mass is 435 g/mol. The third-order valence-corrected chi connectivity index (χ3v) is 5.13. The first-order valence-corrected chi connectivity index (χ1v) is 9.31. The maximum Gasteiger partial charge on any atom is 0.341 e. The maximum atomic E-state index is 10.6. The molecular weight excluding hydrogens is 422 g/mol. The van der Waals surface area contributed by atoms with Crippen LogP contribution in [0.15, 0.2) is 41.0 Å².